The first kappa shape index (κ1) is 22.4. The number of aliphatic carboxylic acids is 1. The van der Waals surface area contributed by atoms with Crippen molar-refractivity contribution in [3.05, 3.63) is 82.1 Å². The quantitative estimate of drug-likeness (QED) is 0.535. The van der Waals surface area contributed by atoms with Gasteiger partial charge in [-0.2, -0.15) is 5.10 Å². The van der Waals surface area contributed by atoms with E-state index in [0.717, 1.165) is 11.1 Å². The smallest absolute Gasteiger partial charge is 0.304 e. The number of carboxylic acids is 1. The molecule has 3 atom stereocenters. The number of hydrogen-bond acceptors (Lipinski definition) is 3. The van der Waals surface area contributed by atoms with E-state index in [-0.39, 0.29) is 24.3 Å². The van der Waals surface area contributed by atoms with Gasteiger partial charge in [0.05, 0.1) is 29.8 Å². The first-order valence-corrected chi connectivity index (χ1v) is 11.0. The third-order valence-corrected chi connectivity index (χ3v) is 6.55. The molecule has 0 spiro atoms. The number of anilines is 1. The molecule has 2 heterocycles. The highest BCUT2D eigenvalue weighted by molar-refractivity contribution is 6.30. The highest BCUT2D eigenvalue weighted by Gasteiger charge is 2.51. The Morgan fingerprint density at radius 3 is 2.47 bits per heavy atom. The van der Waals surface area contributed by atoms with Gasteiger partial charge in [-0.05, 0) is 41.8 Å². The molecule has 0 bridgehead atoms. The van der Waals surface area contributed by atoms with Crippen molar-refractivity contribution in [3.63, 3.8) is 0 Å². The molecule has 2 aromatic carbocycles. The average Bonchev–Trinajstić information content (AvgIpc) is 3.16. The zero-order valence-corrected chi connectivity index (χ0v) is 19.2. The van der Waals surface area contributed by atoms with Crippen LogP contribution in [0.4, 0.5) is 5.69 Å². The molecule has 4 rings (SSSR count). The second kappa shape index (κ2) is 8.60. The van der Waals surface area contributed by atoms with Gasteiger partial charge in [-0.1, -0.05) is 54.4 Å². The molecule has 32 heavy (non-hydrogen) atoms. The molecule has 1 aliphatic rings. The lowest BCUT2D eigenvalue weighted by Gasteiger charge is -2.48. The molecule has 0 aliphatic carbocycles. The highest BCUT2D eigenvalue weighted by Crippen LogP contribution is 2.52. The maximum absolute atomic E-state index is 13.9. The summed E-state index contributed by atoms with van der Waals surface area (Å²) in [6.07, 6.45) is 3.49. The van der Waals surface area contributed by atoms with Crippen LogP contribution in [0.5, 0.6) is 0 Å². The molecule has 1 saturated heterocycles. The van der Waals surface area contributed by atoms with Crippen molar-refractivity contribution in [2.24, 2.45) is 12.5 Å². The van der Waals surface area contributed by atoms with E-state index >= 15 is 0 Å². The summed E-state index contributed by atoms with van der Waals surface area (Å²) in [7, 11) is 1.78. The molecular formula is C24H23Cl2N3O3. The molecule has 1 N–H and O–H groups in total. The number of hydrogen-bond donors (Lipinski definition) is 1. The minimum absolute atomic E-state index is 0.197. The first-order valence-electron chi connectivity index (χ1n) is 10.2. The summed E-state index contributed by atoms with van der Waals surface area (Å²) < 4.78 is 1.62. The Morgan fingerprint density at radius 1 is 1.16 bits per heavy atom. The molecule has 1 aliphatic heterocycles. The van der Waals surface area contributed by atoms with Gasteiger partial charge in [0.1, 0.15) is 0 Å². The number of aryl methyl sites for hydroxylation is 1. The summed E-state index contributed by atoms with van der Waals surface area (Å²) in [5, 5.41) is 15.0. The Hall–Kier alpha value is -2.83. The van der Waals surface area contributed by atoms with Gasteiger partial charge in [0.2, 0.25) is 5.91 Å². The van der Waals surface area contributed by atoms with Gasteiger partial charge in [0, 0.05) is 29.2 Å². The summed E-state index contributed by atoms with van der Waals surface area (Å²) >= 11 is 12.5. The van der Waals surface area contributed by atoms with Crippen LogP contribution in [0.2, 0.25) is 10.0 Å². The minimum Gasteiger partial charge on any atom is -0.481 e. The van der Waals surface area contributed by atoms with Crippen molar-refractivity contribution in [2.45, 2.75) is 31.7 Å². The predicted octanol–water partition coefficient (Wildman–Crippen LogP) is 5.47. The Bertz CT molecular complexity index is 1160. The van der Waals surface area contributed by atoms with E-state index < -0.39 is 11.4 Å². The summed E-state index contributed by atoms with van der Waals surface area (Å²) in [6, 6.07) is 14.5. The number of benzene rings is 2. The van der Waals surface area contributed by atoms with Crippen LogP contribution in [0, 0.1) is 5.41 Å². The van der Waals surface area contributed by atoms with Crippen molar-refractivity contribution in [1.82, 2.24) is 9.78 Å². The molecule has 1 unspecified atom stereocenters. The molecule has 6 nitrogen and oxygen atoms in total. The number of carbonyl (C=O) groups excluding carboxylic acids is 1. The predicted molar refractivity (Wildman–Crippen MR) is 124 cm³/mol. The maximum atomic E-state index is 13.9. The first-order chi connectivity index (χ1) is 15.2. The molecule has 0 radical (unpaired) electrons. The molecule has 1 amide bonds. The number of amides is 1. The largest absolute Gasteiger partial charge is 0.481 e. The molecule has 1 fully saturated rings. The van der Waals surface area contributed by atoms with E-state index in [9.17, 15) is 14.7 Å². The second-order valence-corrected chi connectivity index (χ2v) is 9.41. The van der Waals surface area contributed by atoms with Crippen LogP contribution in [0.25, 0.3) is 0 Å². The van der Waals surface area contributed by atoms with Gasteiger partial charge >= 0.3 is 5.97 Å². The molecular weight excluding hydrogens is 449 g/mol. The van der Waals surface area contributed by atoms with Crippen LogP contribution in [0.3, 0.4) is 0 Å². The number of rotatable bonds is 5. The number of piperidine rings is 1. The van der Waals surface area contributed by atoms with E-state index in [4.69, 9.17) is 23.2 Å². The van der Waals surface area contributed by atoms with Crippen LogP contribution in [0.15, 0.2) is 60.9 Å². The number of aromatic nitrogens is 2. The highest BCUT2D eigenvalue weighted by atomic mass is 35.5. The summed E-state index contributed by atoms with van der Waals surface area (Å²) in [6.45, 7) is 1.72. The van der Waals surface area contributed by atoms with E-state index in [2.05, 4.69) is 5.10 Å². The zero-order valence-electron chi connectivity index (χ0n) is 17.7. The van der Waals surface area contributed by atoms with Gasteiger partial charge in [0.15, 0.2) is 0 Å². The zero-order chi connectivity index (χ0) is 23.0. The lowest BCUT2D eigenvalue weighted by atomic mass is 9.67. The summed E-state index contributed by atoms with van der Waals surface area (Å²) in [4.78, 5) is 27.3. The number of carboxylic acid groups (broad SMARTS) is 1. The Morgan fingerprint density at radius 2 is 1.88 bits per heavy atom. The van der Waals surface area contributed by atoms with Crippen molar-refractivity contribution >= 4 is 40.8 Å². The van der Waals surface area contributed by atoms with Crippen LogP contribution < -0.4 is 4.90 Å². The average molecular weight is 472 g/mol. The summed E-state index contributed by atoms with van der Waals surface area (Å²) in [5.74, 6) is -1.45. The van der Waals surface area contributed by atoms with E-state index in [1.807, 2.05) is 30.3 Å². The number of carbonyl (C=O) groups is 2. The third-order valence-electron chi connectivity index (χ3n) is 6.06. The van der Waals surface area contributed by atoms with E-state index in [0.29, 0.717) is 22.2 Å². The van der Waals surface area contributed by atoms with Crippen LogP contribution in [0.1, 0.15) is 42.9 Å². The van der Waals surface area contributed by atoms with Crippen LogP contribution in [-0.4, -0.2) is 26.8 Å². The molecule has 3 aromatic rings. The monoisotopic (exact) mass is 471 g/mol. The molecule has 0 saturated carbocycles. The normalized spacial score (nSPS) is 23.4. The Kier molecular flexibility index (Phi) is 6.01. The van der Waals surface area contributed by atoms with Gasteiger partial charge in [-0.15, -0.1) is 0 Å². The maximum Gasteiger partial charge on any atom is 0.304 e. The fraction of sp³-hybridized carbons (Fsp3) is 0.292. The lowest BCUT2D eigenvalue weighted by Crippen LogP contribution is -2.52. The molecule has 1 aromatic heterocycles. The molecule has 166 valence electrons. The SMILES string of the molecule is Cn1cc(N2C(=O)[C@@](C)(CC(=O)O)C[C@H](c3cccc(Cl)c3)C2c2ccc(Cl)cc2)cn1. The van der Waals surface area contributed by atoms with Crippen molar-refractivity contribution in [2.75, 3.05) is 4.90 Å². The lowest BCUT2D eigenvalue weighted by molar-refractivity contribution is -0.145. The van der Waals surface area contributed by atoms with Crippen molar-refractivity contribution < 1.29 is 14.7 Å². The topological polar surface area (TPSA) is 75.4 Å². The van der Waals surface area contributed by atoms with Gasteiger partial charge in [-0.3, -0.25) is 14.3 Å². The van der Waals surface area contributed by atoms with Crippen molar-refractivity contribution in [3.8, 4) is 0 Å². The number of halogens is 2. The van der Waals surface area contributed by atoms with Crippen LogP contribution >= 0.6 is 23.2 Å². The van der Waals surface area contributed by atoms with Crippen LogP contribution in [-0.2, 0) is 16.6 Å². The van der Waals surface area contributed by atoms with Gasteiger partial charge < -0.3 is 10.0 Å². The Balaban J connectivity index is 1.94. The second-order valence-electron chi connectivity index (χ2n) is 8.54. The fourth-order valence-electron chi connectivity index (χ4n) is 4.65. The Labute approximate surface area is 196 Å². The van der Waals surface area contributed by atoms with Crippen molar-refractivity contribution in [1.29, 1.82) is 0 Å². The minimum atomic E-state index is -1.10. The molecule has 8 heteroatoms. The van der Waals surface area contributed by atoms with Gasteiger partial charge in [0.25, 0.3) is 0 Å². The third kappa shape index (κ3) is 4.25. The van der Waals surface area contributed by atoms with E-state index in [1.54, 1.807) is 54.1 Å². The number of nitrogens with zero attached hydrogens (tertiary/aromatic N) is 3. The standard InChI is InChI=1S/C24H23Cl2N3O3/c1-24(12-21(30)31)11-20(16-4-3-5-18(26)10-16)22(15-6-8-17(25)9-7-15)29(23(24)32)19-13-27-28(2)14-19/h3-10,13-14,20,22H,11-12H2,1-2H3,(H,30,31)/t20-,22?,24-/m1/s1. The fourth-order valence-corrected chi connectivity index (χ4v) is 4.98. The summed E-state index contributed by atoms with van der Waals surface area (Å²) in [5.41, 5.74) is 1.35. The van der Waals surface area contributed by atoms with Gasteiger partial charge in [-0.25, -0.2) is 0 Å². The van der Waals surface area contributed by atoms with E-state index in [1.165, 1.54) is 0 Å².